The Kier molecular flexibility index (Phi) is 57.6. The second-order valence-corrected chi connectivity index (χ2v) is 29.5. The molecule has 0 aromatic heterocycles. The molecular weight excluding hydrogens is 1160 g/mol. The second kappa shape index (κ2) is 58.8. The molecule has 0 aliphatic carbocycles. The summed E-state index contributed by atoms with van der Waals surface area (Å²) in [6.07, 6.45) is 40.3. The van der Waals surface area contributed by atoms with E-state index in [4.69, 9.17) is 37.0 Å². The average molecular weight is 1300 g/mol. The van der Waals surface area contributed by atoms with Gasteiger partial charge in [-0.15, -0.1) is 0 Å². The Labute approximate surface area is 537 Å². The van der Waals surface area contributed by atoms with Crippen molar-refractivity contribution in [3.8, 4) is 0 Å². The van der Waals surface area contributed by atoms with Crippen LogP contribution in [0, 0.1) is 23.7 Å². The fourth-order valence-corrected chi connectivity index (χ4v) is 11.9. The van der Waals surface area contributed by atoms with Crippen LogP contribution >= 0.6 is 15.6 Å². The van der Waals surface area contributed by atoms with E-state index in [0.29, 0.717) is 31.6 Å². The van der Waals surface area contributed by atoms with Crippen molar-refractivity contribution in [2.75, 3.05) is 39.6 Å². The summed E-state index contributed by atoms with van der Waals surface area (Å²) in [5.74, 6) is 0.853. The predicted molar refractivity (Wildman–Crippen MR) is 354 cm³/mol. The van der Waals surface area contributed by atoms with Gasteiger partial charge in [-0.1, -0.05) is 287 Å². The lowest BCUT2D eigenvalue weighted by Crippen LogP contribution is -2.30. The summed E-state index contributed by atoms with van der Waals surface area (Å²) in [4.78, 5) is 72.5. The van der Waals surface area contributed by atoms with Crippen molar-refractivity contribution >= 4 is 39.5 Å². The first kappa shape index (κ1) is 86.1. The fourth-order valence-electron chi connectivity index (χ4n) is 10.3. The number of carbonyl (C=O) groups is 4. The smallest absolute Gasteiger partial charge is 0.462 e. The lowest BCUT2D eigenvalue weighted by molar-refractivity contribution is -0.161. The van der Waals surface area contributed by atoms with Gasteiger partial charge in [-0.25, -0.2) is 9.13 Å². The molecule has 0 saturated carbocycles. The number of unbranched alkanes of at least 4 members (excludes halogenated alkanes) is 31. The van der Waals surface area contributed by atoms with Gasteiger partial charge in [0.1, 0.15) is 19.3 Å². The average Bonchev–Trinajstić information content (AvgIpc) is 3.69. The molecule has 522 valence electrons. The summed E-state index contributed by atoms with van der Waals surface area (Å²) in [6, 6.07) is 0. The maximum Gasteiger partial charge on any atom is 0.472 e. The number of aliphatic hydroxyl groups excluding tert-OH is 1. The Morgan fingerprint density at radius 3 is 0.807 bits per heavy atom. The van der Waals surface area contributed by atoms with Crippen molar-refractivity contribution in [3.05, 3.63) is 0 Å². The zero-order valence-electron chi connectivity index (χ0n) is 57.3. The van der Waals surface area contributed by atoms with E-state index >= 15 is 0 Å². The number of hydrogen-bond donors (Lipinski definition) is 3. The molecule has 0 aromatic rings. The lowest BCUT2D eigenvalue weighted by Gasteiger charge is -2.21. The Hall–Kier alpha value is -1.94. The van der Waals surface area contributed by atoms with Crippen LogP contribution in [0.15, 0.2) is 0 Å². The molecular formula is C69H134O17P2. The molecule has 0 heterocycles. The topological polar surface area (TPSA) is 237 Å². The number of ether oxygens (including phenoxy) is 4. The highest BCUT2D eigenvalue weighted by molar-refractivity contribution is 7.47. The maximum absolute atomic E-state index is 13.0. The molecule has 0 saturated heterocycles. The fraction of sp³-hybridized carbons (Fsp3) is 0.942. The molecule has 0 fully saturated rings. The molecule has 6 atom stereocenters. The van der Waals surface area contributed by atoms with E-state index in [1.807, 2.05) is 0 Å². The van der Waals surface area contributed by atoms with Gasteiger partial charge in [-0.3, -0.25) is 37.3 Å². The van der Waals surface area contributed by atoms with E-state index in [1.54, 1.807) is 0 Å². The normalized spacial score (nSPS) is 14.6. The van der Waals surface area contributed by atoms with E-state index in [-0.39, 0.29) is 25.7 Å². The van der Waals surface area contributed by atoms with Crippen LogP contribution in [-0.2, 0) is 65.4 Å². The second-order valence-electron chi connectivity index (χ2n) is 26.6. The highest BCUT2D eigenvalue weighted by atomic mass is 31.2. The number of carbonyl (C=O) groups excluding carboxylic acids is 4. The van der Waals surface area contributed by atoms with E-state index in [0.717, 1.165) is 114 Å². The van der Waals surface area contributed by atoms with Crippen LogP contribution in [0.2, 0.25) is 0 Å². The molecule has 0 amide bonds. The molecule has 3 N–H and O–H groups in total. The summed E-state index contributed by atoms with van der Waals surface area (Å²) < 4.78 is 68.2. The summed E-state index contributed by atoms with van der Waals surface area (Å²) in [7, 11) is -9.90. The Morgan fingerprint density at radius 2 is 0.545 bits per heavy atom. The zero-order chi connectivity index (χ0) is 65.4. The zero-order valence-corrected chi connectivity index (χ0v) is 59.1. The number of phosphoric ester groups is 2. The van der Waals surface area contributed by atoms with Crippen molar-refractivity contribution < 1.29 is 80.2 Å². The summed E-state index contributed by atoms with van der Waals surface area (Å²) in [5.41, 5.74) is 0. The minimum Gasteiger partial charge on any atom is -0.462 e. The van der Waals surface area contributed by atoms with Gasteiger partial charge in [0.05, 0.1) is 26.4 Å². The molecule has 0 aliphatic heterocycles. The number of hydrogen-bond acceptors (Lipinski definition) is 15. The number of aliphatic hydroxyl groups is 1. The molecule has 0 rings (SSSR count). The van der Waals surface area contributed by atoms with Gasteiger partial charge in [0.2, 0.25) is 0 Å². The van der Waals surface area contributed by atoms with E-state index in [1.165, 1.54) is 135 Å². The lowest BCUT2D eigenvalue weighted by atomic mass is 9.99. The first-order valence-electron chi connectivity index (χ1n) is 35.7. The third kappa shape index (κ3) is 61.6. The van der Waals surface area contributed by atoms with Crippen molar-refractivity contribution in [2.24, 2.45) is 23.7 Å². The molecule has 4 unspecified atom stereocenters. The molecule has 0 radical (unpaired) electrons. The number of rotatable bonds is 66. The van der Waals surface area contributed by atoms with Gasteiger partial charge in [-0.2, -0.15) is 0 Å². The molecule has 88 heavy (non-hydrogen) atoms. The van der Waals surface area contributed by atoms with Crippen LogP contribution in [0.5, 0.6) is 0 Å². The molecule has 0 spiro atoms. The van der Waals surface area contributed by atoms with Crippen LogP contribution < -0.4 is 0 Å². The van der Waals surface area contributed by atoms with Crippen LogP contribution in [-0.4, -0.2) is 96.7 Å². The minimum atomic E-state index is -4.95. The Balaban J connectivity index is 5.27. The Bertz CT molecular complexity index is 1750. The Morgan fingerprint density at radius 1 is 0.318 bits per heavy atom. The molecule has 19 heteroatoms. The van der Waals surface area contributed by atoms with E-state index in [2.05, 4.69) is 55.4 Å². The van der Waals surface area contributed by atoms with Crippen LogP contribution in [0.25, 0.3) is 0 Å². The van der Waals surface area contributed by atoms with Gasteiger partial charge in [0, 0.05) is 25.7 Å². The van der Waals surface area contributed by atoms with Crippen molar-refractivity contribution in [3.63, 3.8) is 0 Å². The third-order valence-corrected chi connectivity index (χ3v) is 18.1. The molecule has 0 aromatic carbocycles. The van der Waals surface area contributed by atoms with Gasteiger partial charge in [-0.05, 0) is 49.4 Å². The standard InChI is InChI=1S/C69H134O17P2/c1-9-62(8)48-40-32-24-18-19-27-36-44-52-69(74)86-64(55-79-66(71)49-41-33-25-16-12-10-14-21-29-37-45-59(2)3)57-83-87(75,76)81-53-63(70)54-82-88(77,78)84-58-65(56-80-67(72)50-42-34-28-20-23-31-39-47-61(6)7)85-68(73)51-43-35-26-17-13-11-15-22-30-38-46-60(4)5/h59-65,70H,9-58H2,1-8H3,(H,75,76)(H,77,78)/t62?,63?,64-,65-/m1/s1. The largest absolute Gasteiger partial charge is 0.472 e. The molecule has 17 nitrogen and oxygen atoms in total. The van der Waals surface area contributed by atoms with Crippen LogP contribution in [0.3, 0.4) is 0 Å². The number of esters is 4. The maximum atomic E-state index is 13.0. The first-order chi connectivity index (χ1) is 42.1. The van der Waals surface area contributed by atoms with Gasteiger partial charge >= 0.3 is 39.5 Å². The van der Waals surface area contributed by atoms with Crippen molar-refractivity contribution in [1.29, 1.82) is 0 Å². The third-order valence-electron chi connectivity index (χ3n) is 16.2. The quantitative estimate of drug-likeness (QED) is 0.0222. The summed E-state index contributed by atoms with van der Waals surface area (Å²) >= 11 is 0. The van der Waals surface area contributed by atoms with Crippen LogP contribution in [0.1, 0.15) is 338 Å². The number of phosphoric acid groups is 2. The van der Waals surface area contributed by atoms with E-state index < -0.39 is 97.5 Å². The van der Waals surface area contributed by atoms with Gasteiger partial charge < -0.3 is 33.8 Å². The van der Waals surface area contributed by atoms with E-state index in [9.17, 15) is 43.2 Å². The van der Waals surface area contributed by atoms with Crippen LogP contribution in [0.4, 0.5) is 0 Å². The van der Waals surface area contributed by atoms with Gasteiger partial charge in [0.25, 0.3) is 0 Å². The minimum absolute atomic E-state index is 0.104. The first-order valence-corrected chi connectivity index (χ1v) is 38.7. The molecule has 0 bridgehead atoms. The SMILES string of the molecule is CCC(C)CCCCCCCCCCC(=O)O[C@H](COC(=O)CCCCCCCCCCCCC(C)C)COP(=O)(O)OCC(O)COP(=O)(O)OC[C@@H](COC(=O)CCCCCCCCCC(C)C)OC(=O)CCCCCCCCCCCCC(C)C. The monoisotopic (exact) mass is 1300 g/mol. The predicted octanol–water partition coefficient (Wildman–Crippen LogP) is 19.3. The summed E-state index contributed by atoms with van der Waals surface area (Å²) in [6.45, 7) is 14.1. The highest BCUT2D eigenvalue weighted by Crippen LogP contribution is 2.45. The van der Waals surface area contributed by atoms with Crippen molar-refractivity contribution in [2.45, 2.75) is 356 Å². The van der Waals surface area contributed by atoms with Gasteiger partial charge in [0.15, 0.2) is 12.2 Å². The van der Waals surface area contributed by atoms with Crippen molar-refractivity contribution in [1.82, 2.24) is 0 Å². The summed E-state index contributed by atoms with van der Waals surface area (Å²) in [5, 5.41) is 10.6. The molecule has 0 aliphatic rings. The highest BCUT2D eigenvalue weighted by Gasteiger charge is 2.30.